The second-order valence-corrected chi connectivity index (χ2v) is 4.64. The molecular formula is C13H16O3. The summed E-state index contributed by atoms with van der Waals surface area (Å²) in [6.07, 6.45) is 1.10. The van der Waals surface area contributed by atoms with Crippen molar-refractivity contribution in [3.63, 3.8) is 0 Å². The molecule has 3 rings (SSSR count). The Hall–Kier alpha value is -0.900. The summed E-state index contributed by atoms with van der Waals surface area (Å²) in [4.78, 5) is 0. The van der Waals surface area contributed by atoms with E-state index in [1.54, 1.807) is 0 Å². The van der Waals surface area contributed by atoms with Crippen LogP contribution in [0.1, 0.15) is 12.0 Å². The van der Waals surface area contributed by atoms with Crippen LogP contribution in [0.2, 0.25) is 0 Å². The lowest BCUT2D eigenvalue weighted by Crippen LogP contribution is -2.41. The van der Waals surface area contributed by atoms with Gasteiger partial charge in [0.25, 0.3) is 0 Å². The molecule has 1 aromatic rings. The van der Waals surface area contributed by atoms with Crippen LogP contribution >= 0.6 is 0 Å². The monoisotopic (exact) mass is 220 g/mol. The first-order chi connectivity index (χ1) is 7.83. The minimum absolute atomic E-state index is 0.183. The van der Waals surface area contributed by atoms with Gasteiger partial charge in [0.2, 0.25) is 0 Å². The maximum atomic E-state index is 10.1. The first-order valence-corrected chi connectivity index (χ1v) is 5.82. The first-order valence-electron chi connectivity index (χ1n) is 5.82. The number of aliphatic hydroxyl groups excluding tert-OH is 1. The molecule has 0 amide bonds. The summed E-state index contributed by atoms with van der Waals surface area (Å²) in [5, 5.41) is 10.1. The molecule has 2 saturated heterocycles. The largest absolute Gasteiger partial charge is 0.388 e. The Bertz CT molecular complexity index is 351. The predicted molar refractivity (Wildman–Crippen MR) is 58.9 cm³/mol. The van der Waals surface area contributed by atoms with E-state index in [1.165, 1.54) is 5.56 Å². The minimum Gasteiger partial charge on any atom is -0.388 e. The van der Waals surface area contributed by atoms with Crippen molar-refractivity contribution in [3.05, 3.63) is 35.9 Å². The molecule has 0 spiro atoms. The van der Waals surface area contributed by atoms with Crippen molar-refractivity contribution in [2.45, 2.75) is 31.3 Å². The first kappa shape index (κ1) is 10.3. The Morgan fingerprint density at radius 3 is 2.88 bits per heavy atom. The van der Waals surface area contributed by atoms with Crippen LogP contribution in [0.3, 0.4) is 0 Å². The molecule has 16 heavy (non-hydrogen) atoms. The van der Waals surface area contributed by atoms with Gasteiger partial charge in [-0.1, -0.05) is 30.3 Å². The maximum absolute atomic E-state index is 10.1. The van der Waals surface area contributed by atoms with Gasteiger partial charge in [-0.2, -0.15) is 0 Å². The quantitative estimate of drug-likeness (QED) is 0.817. The van der Waals surface area contributed by atoms with Crippen LogP contribution in [-0.4, -0.2) is 30.2 Å². The van der Waals surface area contributed by atoms with E-state index < -0.39 is 12.4 Å². The van der Waals surface area contributed by atoms with E-state index in [0.717, 1.165) is 12.8 Å². The van der Waals surface area contributed by atoms with Gasteiger partial charge in [-0.3, -0.25) is 0 Å². The molecule has 1 N–H and O–H groups in total. The highest BCUT2D eigenvalue weighted by molar-refractivity contribution is 5.16. The summed E-state index contributed by atoms with van der Waals surface area (Å²) in [6, 6.07) is 10.3. The molecule has 0 saturated carbocycles. The van der Waals surface area contributed by atoms with Crippen molar-refractivity contribution in [2.24, 2.45) is 5.92 Å². The molecule has 3 heteroatoms. The van der Waals surface area contributed by atoms with E-state index in [4.69, 9.17) is 9.47 Å². The Labute approximate surface area is 95.0 Å². The normalized spacial score (nSPS) is 37.6. The van der Waals surface area contributed by atoms with Crippen LogP contribution in [0.25, 0.3) is 0 Å². The average Bonchev–Trinajstić information content (AvgIpc) is 2.72. The van der Waals surface area contributed by atoms with Crippen molar-refractivity contribution in [1.82, 2.24) is 0 Å². The molecule has 2 heterocycles. The van der Waals surface area contributed by atoms with Crippen LogP contribution in [0.4, 0.5) is 0 Å². The fraction of sp³-hybridized carbons (Fsp3) is 0.538. The Balaban J connectivity index is 1.71. The zero-order valence-corrected chi connectivity index (χ0v) is 9.08. The van der Waals surface area contributed by atoms with Gasteiger partial charge in [-0.25, -0.2) is 0 Å². The number of ether oxygens (including phenoxy) is 2. The van der Waals surface area contributed by atoms with E-state index in [1.807, 2.05) is 18.2 Å². The lowest BCUT2D eigenvalue weighted by Gasteiger charge is -2.31. The lowest BCUT2D eigenvalue weighted by atomic mass is 9.87. The van der Waals surface area contributed by atoms with Crippen molar-refractivity contribution in [2.75, 3.05) is 6.61 Å². The summed E-state index contributed by atoms with van der Waals surface area (Å²) in [5.74, 6) is 0.258. The molecule has 0 radical (unpaired) electrons. The van der Waals surface area contributed by atoms with Crippen LogP contribution in [0.15, 0.2) is 30.3 Å². The SMILES string of the molecule is O[C@H]1[C@@H](Cc2ccccc2)C[C@H]2CO[C@@H]1O2. The summed E-state index contributed by atoms with van der Waals surface area (Å²) < 4.78 is 10.9. The van der Waals surface area contributed by atoms with Gasteiger partial charge in [0.15, 0.2) is 6.29 Å². The van der Waals surface area contributed by atoms with E-state index in [0.29, 0.717) is 6.61 Å². The Kier molecular flexibility index (Phi) is 2.67. The molecule has 3 nitrogen and oxygen atoms in total. The van der Waals surface area contributed by atoms with Gasteiger partial charge in [0.1, 0.15) is 6.10 Å². The van der Waals surface area contributed by atoms with Crippen molar-refractivity contribution >= 4 is 0 Å². The summed E-state index contributed by atoms with van der Waals surface area (Å²) in [5.41, 5.74) is 1.27. The van der Waals surface area contributed by atoms with E-state index in [-0.39, 0.29) is 12.0 Å². The van der Waals surface area contributed by atoms with Crippen LogP contribution in [0, 0.1) is 5.92 Å². The van der Waals surface area contributed by atoms with Gasteiger partial charge in [0, 0.05) is 0 Å². The van der Waals surface area contributed by atoms with Crippen LogP contribution in [0.5, 0.6) is 0 Å². The molecule has 0 unspecified atom stereocenters. The lowest BCUT2D eigenvalue weighted by molar-refractivity contribution is -0.174. The second kappa shape index (κ2) is 4.17. The third kappa shape index (κ3) is 1.86. The van der Waals surface area contributed by atoms with Gasteiger partial charge in [0.05, 0.1) is 12.7 Å². The zero-order valence-electron chi connectivity index (χ0n) is 9.08. The number of aliphatic hydroxyl groups is 1. The van der Waals surface area contributed by atoms with E-state index in [9.17, 15) is 5.11 Å². The predicted octanol–water partition coefficient (Wildman–Crippen LogP) is 1.35. The molecule has 86 valence electrons. The number of rotatable bonds is 2. The molecular weight excluding hydrogens is 204 g/mol. The van der Waals surface area contributed by atoms with Gasteiger partial charge < -0.3 is 14.6 Å². The maximum Gasteiger partial charge on any atom is 0.184 e. The van der Waals surface area contributed by atoms with Crippen LogP contribution in [-0.2, 0) is 15.9 Å². The highest BCUT2D eigenvalue weighted by atomic mass is 16.7. The third-order valence-electron chi connectivity index (χ3n) is 3.44. The average molecular weight is 220 g/mol. The third-order valence-corrected chi connectivity index (χ3v) is 3.44. The number of hydrogen-bond donors (Lipinski definition) is 1. The molecule has 2 aliphatic heterocycles. The van der Waals surface area contributed by atoms with E-state index in [2.05, 4.69) is 12.1 Å². The summed E-state index contributed by atoms with van der Waals surface area (Å²) >= 11 is 0. The molecule has 1 aromatic carbocycles. The van der Waals surface area contributed by atoms with Crippen molar-refractivity contribution in [3.8, 4) is 0 Å². The van der Waals surface area contributed by atoms with Gasteiger partial charge in [-0.05, 0) is 24.3 Å². The molecule has 2 aliphatic rings. The summed E-state index contributed by atoms with van der Waals surface area (Å²) in [6.45, 7) is 0.632. The number of benzene rings is 1. The smallest absolute Gasteiger partial charge is 0.184 e. The highest BCUT2D eigenvalue weighted by Crippen LogP contribution is 2.33. The molecule has 2 bridgehead atoms. The molecule has 0 aromatic heterocycles. The fourth-order valence-electron chi connectivity index (χ4n) is 2.59. The Morgan fingerprint density at radius 1 is 1.25 bits per heavy atom. The second-order valence-electron chi connectivity index (χ2n) is 4.64. The summed E-state index contributed by atoms with van der Waals surface area (Å²) in [7, 11) is 0. The van der Waals surface area contributed by atoms with Crippen molar-refractivity contribution < 1.29 is 14.6 Å². The van der Waals surface area contributed by atoms with Gasteiger partial charge in [-0.15, -0.1) is 0 Å². The topological polar surface area (TPSA) is 38.7 Å². The number of fused-ring (bicyclic) bond motifs is 2. The van der Waals surface area contributed by atoms with Crippen molar-refractivity contribution in [1.29, 1.82) is 0 Å². The van der Waals surface area contributed by atoms with E-state index >= 15 is 0 Å². The molecule has 0 aliphatic carbocycles. The standard InChI is InChI=1S/C13H16O3/c14-12-10(6-9-4-2-1-3-5-9)7-11-8-15-13(12)16-11/h1-5,10-14H,6-8H2/t10-,11-,12-,13+/m0/s1. The number of hydrogen-bond acceptors (Lipinski definition) is 3. The highest BCUT2D eigenvalue weighted by Gasteiger charge is 2.42. The van der Waals surface area contributed by atoms with Gasteiger partial charge >= 0.3 is 0 Å². The molecule has 2 fully saturated rings. The fourth-order valence-corrected chi connectivity index (χ4v) is 2.59. The van der Waals surface area contributed by atoms with Crippen LogP contribution < -0.4 is 0 Å². The Morgan fingerprint density at radius 2 is 2.06 bits per heavy atom. The zero-order chi connectivity index (χ0) is 11.0. The molecule has 4 atom stereocenters. The minimum atomic E-state index is -0.487.